The van der Waals surface area contributed by atoms with Gasteiger partial charge in [0, 0.05) is 8.59 Å². The zero-order valence-corrected chi connectivity index (χ0v) is 13.6. The first-order chi connectivity index (χ1) is 8.45. The minimum atomic E-state index is -0.420. The highest BCUT2D eigenvalue weighted by Crippen LogP contribution is 2.23. The third-order valence-electron chi connectivity index (χ3n) is 2.43. The van der Waals surface area contributed by atoms with Gasteiger partial charge < -0.3 is 11.1 Å². The molecular weight excluding hydrogens is 383 g/mol. The van der Waals surface area contributed by atoms with Gasteiger partial charge in [-0.25, -0.2) is 0 Å². The monoisotopic (exact) mass is 396 g/mol. The summed E-state index contributed by atoms with van der Waals surface area (Å²) in [6.45, 7) is 1.99. The molecule has 1 unspecified atom stereocenters. The summed E-state index contributed by atoms with van der Waals surface area (Å²) >= 11 is 12.9. The number of nitrogens with two attached hydrogens (primary N) is 1. The standard InChI is InChI=1S/C12H14ClIN2OS/c1-2-3-8(11(15)18)12(17)16-10-5-4-7(13)6-9(10)14/h4-6,8H,2-3H2,1H3,(H2,15,18)(H,16,17). The van der Waals surface area contributed by atoms with E-state index in [1.54, 1.807) is 18.2 Å². The molecule has 0 aromatic heterocycles. The Labute approximate surface area is 131 Å². The van der Waals surface area contributed by atoms with Crippen LogP contribution in [0.5, 0.6) is 0 Å². The number of benzene rings is 1. The number of rotatable bonds is 5. The van der Waals surface area contributed by atoms with E-state index in [4.69, 9.17) is 29.6 Å². The molecule has 0 aliphatic heterocycles. The van der Waals surface area contributed by atoms with Crippen molar-refractivity contribution in [2.45, 2.75) is 19.8 Å². The number of amides is 1. The smallest absolute Gasteiger partial charge is 0.234 e. The largest absolute Gasteiger partial charge is 0.393 e. The highest BCUT2D eigenvalue weighted by molar-refractivity contribution is 14.1. The van der Waals surface area contributed by atoms with Crippen molar-refractivity contribution in [1.82, 2.24) is 0 Å². The molecule has 1 aromatic carbocycles. The molecule has 1 amide bonds. The maximum Gasteiger partial charge on any atom is 0.234 e. The van der Waals surface area contributed by atoms with E-state index in [0.29, 0.717) is 11.4 Å². The van der Waals surface area contributed by atoms with Crippen LogP contribution < -0.4 is 11.1 Å². The number of hydrogen-bond acceptors (Lipinski definition) is 2. The fourth-order valence-electron chi connectivity index (χ4n) is 1.50. The fraction of sp³-hybridized carbons (Fsp3) is 0.333. The van der Waals surface area contributed by atoms with Crippen LogP contribution in [-0.2, 0) is 4.79 Å². The summed E-state index contributed by atoms with van der Waals surface area (Å²) in [5.74, 6) is -0.582. The topological polar surface area (TPSA) is 55.1 Å². The van der Waals surface area contributed by atoms with Gasteiger partial charge >= 0.3 is 0 Å². The Morgan fingerprint density at radius 1 is 1.61 bits per heavy atom. The van der Waals surface area contributed by atoms with Crippen LogP contribution in [-0.4, -0.2) is 10.9 Å². The molecule has 98 valence electrons. The van der Waals surface area contributed by atoms with Crippen LogP contribution in [0.25, 0.3) is 0 Å². The van der Waals surface area contributed by atoms with Crippen molar-refractivity contribution in [3.8, 4) is 0 Å². The van der Waals surface area contributed by atoms with Crippen LogP contribution in [0, 0.1) is 9.49 Å². The second-order valence-electron chi connectivity index (χ2n) is 3.86. The van der Waals surface area contributed by atoms with Crippen molar-refractivity contribution in [3.05, 3.63) is 26.8 Å². The highest BCUT2D eigenvalue weighted by atomic mass is 127. The Morgan fingerprint density at radius 3 is 2.78 bits per heavy atom. The molecule has 0 radical (unpaired) electrons. The first-order valence-corrected chi connectivity index (χ1v) is 7.37. The summed E-state index contributed by atoms with van der Waals surface area (Å²) in [5, 5.41) is 3.47. The Hall–Kier alpha value is -0.400. The van der Waals surface area contributed by atoms with Crippen molar-refractivity contribution in [2.24, 2.45) is 11.7 Å². The normalized spacial score (nSPS) is 11.9. The van der Waals surface area contributed by atoms with E-state index in [9.17, 15) is 4.79 Å². The van der Waals surface area contributed by atoms with Crippen LogP contribution >= 0.6 is 46.4 Å². The maximum absolute atomic E-state index is 12.1. The Bertz CT molecular complexity index is 467. The summed E-state index contributed by atoms with van der Waals surface area (Å²) in [4.78, 5) is 12.3. The van der Waals surface area contributed by atoms with E-state index in [0.717, 1.165) is 15.7 Å². The first-order valence-electron chi connectivity index (χ1n) is 5.51. The molecule has 0 fully saturated rings. The Balaban J connectivity index is 2.82. The Morgan fingerprint density at radius 2 is 2.28 bits per heavy atom. The first kappa shape index (κ1) is 15.7. The van der Waals surface area contributed by atoms with Crippen LogP contribution in [0.1, 0.15) is 19.8 Å². The van der Waals surface area contributed by atoms with Gasteiger partial charge in [-0.05, 0) is 47.2 Å². The lowest BCUT2D eigenvalue weighted by atomic mass is 10.0. The number of carbonyl (C=O) groups excluding carboxylic acids is 1. The van der Waals surface area contributed by atoms with E-state index in [1.165, 1.54) is 0 Å². The summed E-state index contributed by atoms with van der Waals surface area (Å²) in [5.41, 5.74) is 6.31. The summed E-state index contributed by atoms with van der Waals surface area (Å²) in [6.07, 6.45) is 1.51. The van der Waals surface area contributed by atoms with Crippen LogP contribution in [0.3, 0.4) is 0 Å². The quantitative estimate of drug-likeness (QED) is 0.591. The second kappa shape index (κ2) is 7.25. The summed E-state index contributed by atoms with van der Waals surface area (Å²) in [7, 11) is 0. The average Bonchev–Trinajstić information content (AvgIpc) is 2.29. The molecule has 18 heavy (non-hydrogen) atoms. The van der Waals surface area contributed by atoms with E-state index < -0.39 is 5.92 Å². The van der Waals surface area contributed by atoms with Gasteiger partial charge in [-0.15, -0.1) is 0 Å². The number of hydrogen-bond donors (Lipinski definition) is 2. The number of thiocarbonyl (C=S) groups is 1. The van der Waals surface area contributed by atoms with Crippen LogP contribution in [0.2, 0.25) is 5.02 Å². The fourth-order valence-corrected chi connectivity index (χ4v) is 2.73. The summed E-state index contributed by atoms with van der Waals surface area (Å²) < 4.78 is 0.881. The Kier molecular flexibility index (Phi) is 6.31. The van der Waals surface area contributed by atoms with Gasteiger partial charge in [0.1, 0.15) is 0 Å². The van der Waals surface area contributed by atoms with Gasteiger partial charge in [-0.3, -0.25) is 4.79 Å². The molecule has 0 aliphatic rings. The third kappa shape index (κ3) is 4.37. The van der Waals surface area contributed by atoms with Gasteiger partial charge in [0.15, 0.2) is 0 Å². The molecule has 0 aliphatic carbocycles. The molecule has 0 spiro atoms. The predicted octanol–water partition coefficient (Wildman–Crippen LogP) is 3.59. The van der Waals surface area contributed by atoms with Gasteiger partial charge in [0.2, 0.25) is 5.91 Å². The lowest BCUT2D eigenvalue weighted by Crippen LogP contribution is -2.33. The number of anilines is 1. The van der Waals surface area contributed by atoms with Crippen LogP contribution in [0.15, 0.2) is 18.2 Å². The molecule has 3 N–H and O–H groups in total. The molecule has 0 bridgehead atoms. The van der Waals surface area contributed by atoms with Crippen molar-refractivity contribution < 1.29 is 4.79 Å². The SMILES string of the molecule is CCCC(C(=O)Nc1ccc(Cl)cc1I)C(N)=S. The number of carbonyl (C=O) groups is 1. The summed E-state index contributed by atoms with van der Waals surface area (Å²) in [6, 6.07) is 5.28. The lowest BCUT2D eigenvalue weighted by Gasteiger charge is -2.15. The molecule has 0 saturated heterocycles. The van der Waals surface area contributed by atoms with E-state index in [1.807, 2.05) is 6.92 Å². The second-order valence-corrected chi connectivity index (χ2v) is 5.93. The zero-order valence-electron chi connectivity index (χ0n) is 9.87. The van der Waals surface area contributed by atoms with Gasteiger partial charge in [-0.1, -0.05) is 37.2 Å². The van der Waals surface area contributed by atoms with Gasteiger partial charge in [0.05, 0.1) is 16.6 Å². The van der Waals surface area contributed by atoms with Gasteiger partial charge in [-0.2, -0.15) is 0 Å². The van der Waals surface area contributed by atoms with Crippen molar-refractivity contribution in [1.29, 1.82) is 0 Å². The van der Waals surface area contributed by atoms with Gasteiger partial charge in [0.25, 0.3) is 0 Å². The van der Waals surface area contributed by atoms with Crippen molar-refractivity contribution in [2.75, 3.05) is 5.32 Å². The maximum atomic E-state index is 12.1. The minimum Gasteiger partial charge on any atom is -0.393 e. The molecule has 1 atom stereocenters. The molecule has 3 nitrogen and oxygen atoms in total. The zero-order chi connectivity index (χ0) is 13.7. The average molecular weight is 397 g/mol. The van der Waals surface area contributed by atoms with E-state index >= 15 is 0 Å². The van der Waals surface area contributed by atoms with E-state index in [-0.39, 0.29) is 10.9 Å². The molecular formula is C12H14ClIN2OS. The molecule has 0 saturated carbocycles. The molecule has 0 heterocycles. The number of halogens is 2. The number of nitrogens with one attached hydrogen (secondary N) is 1. The van der Waals surface area contributed by atoms with Crippen molar-refractivity contribution >= 4 is 63.0 Å². The lowest BCUT2D eigenvalue weighted by molar-refractivity contribution is -0.118. The third-order valence-corrected chi connectivity index (χ3v) is 3.84. The van der Waals surface area contributed by atoms with E-state index in [2.05, 4.69) is 27.9 Å². The predicted molar refractivity (Wildman–Crippen MR) is 88.0 cm³/mol. The molecule has 1 aromatic rings. The minimum absolute atomic E-state index is 0.162. The van der Waals surface area contributed by atoms with Crippen LogP contribution in [0.4, 0.5) is 5.69 Å². The highest BCUT2D eigenvalue weighted by Gasteiger charge is 2.21. The molecule has 6 heteroatoms. The van der Waals surface area contributed by atoms with Crippen molar-refractivity contribution in [3.63, 3.8) is 0 Å². The molecule has 1 rings (SSSR count).